The summed E-state index contributed by atoms with van der Waals surface area (Å²) in [5.74, 6) is 0.853. The number of hydrogen-bond donors (Lipinski definition) is 1. The Balaban J connectivity index is 3.20. The summed E-state index contributed by atoms with van der Waals surface area (Å²) in [5, 5.41) is 2.02. The summed E-state index contributed by atoms with van der Waals surface area (Å²) in [5.41, 5.74) is 8.01. The van der Waals surface area contributed by atoms with E-state index in [2.05, 4.69) is 25.8 Å². The van der Waals surface area contributed by atoms with Gasteiger partial charge in [0.25, 0.3) is 0 Å². The Labute approximate surface area is 113 Å². The maximum Gasteiger partial charge on any atom is 0.0458 e. The van der Waals surface area contributed by atoms with Crippen molar-refractivity contribution in [1.82, 2.24) is 0 Å². The minimum Gasteiger partial charge on any atom is -0.398 e. The van der Waals surface area contributed by atoms with Crippen molar-refractivity contribution in [2.75, 3.05) is 11.5 Å². The van der Waals surface area contributed by atoms with Crippen LogP contribution in [0.25, 0.3) is 12.7 Å². The van der Waals surface area contributed by atoms with Crippen LogP contribution in [0.1, 0.15) is 6.92 Å². The van der Waals surface area contributed by atoms with Gasteiger partial charge in [-0.2, -0.15) is 0 Å². The third-order valence-corrected chi connectivity index (χ3v) is 3.84. The highest BCUT2D eigenvalue weighted by atomic mass is 32.2. The van der Waals surface area contributed by atoms with Crippen molar-refractivity contribution in [3.63, 3.8) is 0 Å². The van der Waals surface area contributed by atoms with Crippen LogP contribution in [0.15, 0.2) is 54.0 Å². The largest absolute Gasteiger partial charge is 0.398 e. The van der Waals surface area contributed by atoms with Crippen LogP contribution in [0.2, 0.25) is 0 Å². The summed E-state index contributed by atoms with van der Waals surface area (Å²) in [6.45, 7) is 13.6. The highest BCUT2D eigenvalue weighted by Gasteiger charge is 2.03. The lowest BCUT2D eigenvalue weighted by molar-refractivity contribution is 1.34. The van der Waals surface area contributed by atoms with Gasteiger partial charge in [-0.3, -0.25) is 0 Å². The first-order chi connectivity index (χ1) is 8.63. The number of benzene rings is 1. The molecule has 0 saturated carbocycles. The monoisotopic (exact) mass is 257 g/mol. The molecule has 1 aromatic carbocycles. The predicted molar refractivity (Wildman–Crippen MR) is 85.0 cm³/mol. The second-order valence-corrected chi connectivity index (χ2v) is 4.80. The van der Waals surface area contributed by atoms with E-state index in [1.807, 2.05) is 31.2 Å². The summed E-state index contributed by atoms with van der Waals surface area (Å²) in [7, 11) is 0. The van der Waals surface area contributed by atoms with E-state index in [0.717, 1.165) is 26.8 Å². The van der Waals surface area contributed by atoms with E-state index >= 15 is 0 Å². The number of thioether (sulfide) groups is 1. The number of rotatable bonds is 5. The fourth-order valence-corrected chi connectivity index (χ4v) is 2.72. The average Bonchev–Trinajstić information content (AvgIpc) is 2.38. The smallest absolute Gasteiger partial charge is 0.0458 e. The normalized spacial score (nSPS) is 12.5. The highest BCUT2D eigenvalue weighted by Crippen LogP contribution is 2.22. The van der Waals surface area contributed by atoms with Crippen LogP contribution in [0.3, 0.4) is 0 Å². The van der Waals surface area contributed by atoms with Crippen LogP contribution in [0, 0.1) is 0 Å². The van der Waals surface area contributed by atoms with E-state index < -0.39 is 0 Å². The zero-order valence-corrected chi connectivity index (χ0v) is 11.6. The molecule has 0 fully saturated rings. The summed E-state index contributed by atoms with van der Waals surface area (Å²) in [4.78, 5) is 1.06. The molecule has 2 N–H and O–H groups in total. The molecule has 94 valence electrons. The van der Waals surface area contributed by atoms with Crippen molar-refractivity contribution < 1.29 is 0 Å². The molecule has 18 heavy (non-hydrogen) atoms. The summed E-state index contributed by atoms with van der Waals surface area (Å²) >= 11 is 1.70. The van der Waals surface area contributed by atoms with Crippen LogP contribution in [0.4, 0.5) is 5.69 Å². The third kappa shape index (κ3) is 3.41. The quantitative estimate of drug-likeness (QED) is 0.499. The maximum atomic E-state index is 6.04. The predicted octanol–water partition coefficient (Wildman–Crippen LogP) is 2.87. The SMILES string of the molecule is C=C/C=c1/c(SC/C(C=C)=C/C)c(N)ccc1=C. The minimum absolute atomic E-state index is 0.778. The number of hydrogen-bond acceptors (Lipinski definition) is 2. The zero-order valence-electron chi connectivity index (χ0n) is 10.8. The Morgan fingerprint density at radius 1 is 1.39 bits per heavy atom. The first kappa shape index (κ1) is 14.4. The topological polar surface area (TPSA) is 26.0 Å². The van der Waals surface area contributed by atoms with E-state index in [1.54, 1.807) is 17.8 Å². The summed E-state index contributed by atoms with van der Waals surface area (Å²) < 4.78 is 0. The second kappa shape index (κ2) is 6.92. The Hall–Kier alpha value is -1.67. The molecule has 2 heteroatoms. The van der Waals surface area contributed by atoms with Crippen LogP contribution in [-0.4, -0.2) is 5.75 Å². The van der Waals surface area contributed by atoms with E-state index in [1.165, 1.54) is 5.57 Å². The summed E-state index contributed by atoms with van der Waals surface area (Å²) in [6.07, 6.45) is 7.64. The van der Waals surface area contributed by atoms with Crippen molar-refractivity contribution in [3.05, 3.63) is 59.5 Å². The first-order valence-electron chi connectivity index (χ1n) is 5.74. The molecule has 0 spiro atoms. The van der Waals surface area contributed by atoms with Gasteiger partial charge in [0.15, 0.2) is 0 Å². The number of nitrogens with two attached hydrogens (primary N) is 1. The fourth-order valence-electron chi connectivity index (χ4n) is 1.53. The molecule has 0 bridgehead atoms. The number of nitrogen functional groups attached to an aromatic ring is 1. The Morgan fingerprint density at radius 2 is 2.11 bits per heavy atom. The van der Waals surface area contributed by atoms with Crippen molar-refractivity contribution in [1.29, 1.82) is 0 Å². The van der Waals surface area contributed by atoms with Gasteiger partial charge in [-0.25, -0.2) is 0 Å². The molecular formula is C16H19NS. The Kier molecular flexibility index (Phi) is 5.53. The molecule has 0 unspecified atom stereocenters. The number of anilines is 1. The van der Waals surface area contributed by atoms with Gasteiger partial charge in [0.1, 0.15) is 0 Å². The molecule has 1 rings (SSSR count). The lowest BCUT2D eigenvalue weighted by atomic mass is 10.2. The molecule has 0 aromatic heterocycles. The standard InChI is InChI=1S/C16H19NS/c1-5-8-14-12(4)9-10-15(17)16(14)18-11-13(6-2)7-3/h5-10H,1-2,4,11,17H2,3H3/b13-7+,14-8+. The van der Waals surface area contributed by atoms with Gasteiger partial charge in [-0.15, -0.1) is 11.8 Å². The van der Waals surface area contributed by atoms with E-state index in [-0.39, 0.29) is 0 Å². The fraction of sp³-hybridized carbons (Fsp3) is 0.125. The summed E-state index contributed by atoms with van der Waals surface area (Å²) in [6, 6.07) is 3.83. The lowest BCUT2D eigenvalue weighted by Gasteiger charge is -2.07. The maximum absolute atomic E-state index is 6.04. The van der Waals surface area contributed by atoms with Gasteiger partial charge < -0.3 is 5.73 Å². The van der Waals surface area contributed by atoms with Gasteiger partial charge >= 0.3 is 0 Å². The Bertz CT molecular complexity index is 582. The average molecular weight is 257 g/mol. The molecule has 0 heterocycles. The molecule has 1 nitrogen and oxygen atoms in total. The van der Waals surface area contributed by atoms with Crippen molar-refractivity contribution in [2.45, 2.75) is 11.8 Å². The lowest BCUT2D eigenvalue weighted by Crippen LogP contribution is -2.26. The first-order valence-corrected chi connectivity index (χ1v) is 6.73. The van der Waals surface area contributed by atoms with Gasteiger partial charge in [0.05, 0.1) is 0 Å². The zero-order chi connectivity index (χ0) is 13.5. The van der Waals surface area contributed by atoms with Crippen LogP contribution < -0.4 is 16.2 Å². The van der Waals surface area contributed by atoms with Gasteiger partial charge in [0.2, 0.25) is 0 Å². The third-order valence-electron chi connectivity index (χ3n) is 2.62. The van der Waals surface area contributed by atoms with Gasteiger partial charge in [-0.05, 0) is 29.0 Å². The van der Waals surface area contributed by atoms with E-state index in [0.29, 0.717) is 0 Å². The second-order valence-electron chi connectivity index (χ2n) is 3.82. The van der Waals surface area contributed by atoms with Crippen molar-refractivity contribution in [2.24, 2.45) is 0 Å². The van der Waals surface area contributed by atoms with Crippen molar-refractivity contribution >= 4 is 30.1 Å². The van der Waals surface area contributed by atoms with Crippen LogP contribution >= 0.6 is 11.8 Å². The molecular weight excluding hydrogens is 238 g/mol. The highest BCUT2D eigenvalue weighted by molar-refractivity contribution is 7.99. The van der Waals surface area contributed by atoms with E-state index in [4.69, 9.17) is 5.73 Å². The minimum atomic E-state index is 0.778. The molecule has 0 atom stereocenters. The molecule has 0 saturated heterocycles. The molecule has 1 aromatic rings. The van der Waals surface area contributed by atoms with Crippen LogP contribution in [0.5, 0.6) is 0 Å². The molecule has 0 aliphatic carbocycles. The molecule has 0 amide bonds. The number of allylic oxidation sites excluding steroid dienone is 3. The van der Waals surface area contributed by atoms with Crippen LogP contribution in [-0.2, 0) is 0 Å². The Morgan fingerprint density at radius 3 is 2.67 bits per heavy atom. The molecule has 0 aliphatic rings. The molecule has 0 radical (unpaired) electrons. The van der Waals surface area contributed by atoms with Gasteiger partial charge in [-0.1, -0.05) is 50.1 Å². The molecule has 0 aliphatic heterocycles. The van der Waals surface area contributed by atoms with E-state index in [9.17, 15) is 0 Å². The van der Waals surface area contributed by atoms with Crippen molar-refractivity contribution in [3.8, 4) is 0 Å². The van der Waals surface area contributed by atoms with Gasteiger partial charge in [0, 0.05) is 16.3 Å².